The van der Waals surface area contributed by atoms with Crippen LogP contribution in [0.5, 0.6) is 0 Å². The van der Waals surface area contributed by atoms with Crippen LogP contribution in [-0.2, 0) is 17.1 Å². The van der Waals surface area contributed by atoms with Crippen LogP contribution in [0.15, 0.2) is 0 Å². The van der Waals surface area contributed by atoms with E-state index in [0.717, 1.165) is 0 Å². The third kappa shape index (κ3) is 8.85. The van der Waals surface area contributed by atoms with Gasteiger partial charge in [-0.15, -0.1) is 0 Å². The summed E-state index contributed by atoms with van der Waals surface area (Å²) in [6.45, 7) is 0. The number of rotatable bonds is 0. The first kappa shape index (κ1) is 33.4. The fraction of sp³-hybridized carbons (Fsp3) is 1.00. The Balaban J connectivity index is 0. The van der Waals surface area contributed by atoms with Gasteiger partial charge in [0.25, 0.3) is 0 Å². The van der Waals surface area contributed by atoms with Crippen molar-refractivity contribution >= 4 is 59.8 Å². The van der Waals surface area contributed by atoms with Crippen LogP contribution in [0.3, 0.4) is 0 Å². The Kier molecular flexibility index (Phi) is 154. The van der Waals surface area contributed by atoms with E-state index in [9.17, 15) is 0 Å². The van der Waals surface area contributed by atoms with Gasteiger partial charge in [0.15, 0.2) is 0 Å². The molecule has 0 spiro atoms. The molecule has 4 heavy (non-hydrogen) atoms. The zero-order valence-electron chi connectivity index (χ0n) is 1.59. The predicted molar refractivity (Wildman–Crippen MR) is 18.2 cm³/mol. The second kappa shape index (κ2) is 18.5. The third-order valence-electron chi connectivity index (χ3n) is 0. The summed E-state index contributed by atoms with van der Waals surface area (Å²) in [5.74, 6) is 0. The van der Waals surface area contributed by atoms with Crippen LogP contribution >= 0.6 is 0 Å². The van der Waals surface area contributed by atoms with Crippen LogP contribution in [0.2, 0.25) is 0 Å². The van der Waals surface area contributed by atoms with Crippen LogP contribution in [0.1, 0.15) is 7.43 Å². The summed E-state index contributed by atoms with van der Waals surface area (Å²) in [4.78, 5) is 0. The standard InChI is InChI=1S/CH4.Ba.Mn.Si/h1H4;;;. The first-order valence-electron chi connectivity index (χ1n) is 0. The Bertz CT molecular complexity index is 8.00. The average molecular weight is 236 g/mol. The fourth-order valence-corrected chi connectivity index (χ4v) is 0. The zero-order valence-corrected chi connectivity index (χ0v) is 8.21. The van der Waals surface area contributed by atoms with Crippen molar-refractivity contribution in [2.45, 2.75) is 7.43 Å². The molecule has 0 saturated carbocycles. The Labute approximate surface area is 82.7 Å². The molecule has 0 bridgehead atoms. The average Bonchev–Trinajstić information content (AvgIpc) is 0. The molecule has 0 aliphatic carbocycles. The maximum Gasteiger partial charge on any atom is 0 e. The molecule has 21 valence electrons. The molecule has 0 unspecified atom stereocenters. The van der Waals surface area contributed by atoms with E-state index >= 15 is 0 Å². The SMILES string of the molecule is C.[Ba].[Mn].[Si]. The molecule has 0 saturated heterocycles. The van der Waals surface area contributed by atoms with Crippen molar-refractivity contribution < 1.29 is 17.1 Å². The van der Waals surface area contributed by atoms with Crippen LogP contribution in [0.4, 0.5) is 0 Å². The summed E-state index contributed by atoms with van der Waals surface area (Å²) in [7, 11) is 0. The first-order valence-corrected chi connectivity index (χ1v) is 0. The summed E-state index contributed by atoms with van der Waals surface area (Å²) in [5, 5.41) is 0. The molecule has 3 heteroatoms. The van der Waals surface area contributed by atoms with Crippen molar-refractivity contribution in [3.8, 4) is 0 Å². The summed E-state index contributed by atoms with van der Waals surface area (Å²) < 4.78 is 0. The molecule has 0 nitrogen and oxygen atoms in total. The Morgan fingerprint density at radius 3 is 1.00 bits per heavy atom. The molecule has 7 radical (unpaired) electrons. The second-order valence-electron chi connectivity index (χ2n) is 0. The summed E-state index contributed by atoms with van der Waals surface area (Å²) in [6.07, 6.45) is 0. The maximum atomic E-state index is 0. The quantitative estimate of drug-likeness (QED) is 0.514. The van der Waals surface area contributed by atoms with Crippen LogP contribution in [0, 0.1) is 0 Å². The summed E-state index contributed by atoms with van der Waals surface area (Å²) >= 11 is 0. The van der Waals surface area contributed by atoms with E-state index in [4.69, 9.17) is 0 Å². The summed E-state index contributed by atoms with van der Waals surface area (Å²) in [5.41, 5.74) is 0. The van der Waals surface area contributed by atoms with Crippen molar-refractivity contribution in [1.29, 1.82) is 0 Å². The molecule has 0 aliphatic heterocycles. The zero-order chi connectivity index (χ0) is 0. The Hall–Kier alpha value is 2.31. The minimum Gasteiger partial charge on any atom is -0.0776 e. The molecule has 0 aromatic heterocycles. The van der Waals surface area contributed by atoms with Gasteiger partial charge in [-0.3, -0.25) is 0 Å². The third-order valence-corrected chi connectivity index (χ3v) is 0. The molecule has 0 atom stereocenters. The maximum absolute atomic E-state index is 0. The van der Waals surface area contributed by atoms with E-state index in [-0.39, 0.29) is 84.3 Å². The Morgan fingerprint density at radius 1 is 1.00 bits per heavy atom. The fourth-order valence-electron chi connectivity index (χ4n) is 0. The van der Waals surface area contributed by atoms with E-state index in [0.29, 0.717) is 0 Å². The second-order valence-corrected chi connectivity index (χ2v) is 0. The van der Waals surface area contributed by atoms with Crippen molar-refractivity contribution in [2.75, 3.05) is 0 Å². The smallest absolute Gasteiger partial charge is 0 e. The van der Waals surface area contributed by atoms with Gasteiger partial charge in [0.1, 0.15) is 0 Å². The van der Waals surface area contributed by atoms with E-state index in [1.54, 1.807) is 0 Å². The largest absolute Gasteiger partial charge is 0.0776 e. The minimum atomic E-state index is 0. The minimum absolute atomic E-state index is 0. The van der Waals surface area contributed by atoms with Crippen LogP contribution in [0.25, 0.3) is 0 Å². The van der Waals surface area contributed by atoms with E-state index in [2.05, 4.69) is 0 Å². The molecule has 0 heterocycles. The molecule has 0 aliphatic rings. The van der Waals surface area contributed by atoms with Crippen molar-refractivity contribution in [1.82, 2.24) is 0 Å². The van der Waals surface area contributed by atoms with E-state index in [1.807, 2.05) is 0 Å². The van der Waals surface area contributed by atoms with Crippen molar-refractivity contribution in [3.63, 3.8) is 0 Å². The van der Waals surface area contributed by atoms with Crippen LogP contribution in [-0.4, -0.2) is 59.8 Å². The van der Waals surface area contributed by atoms with Gasteiger partial charge < -0.3 is 0 Å². The van der Waals surface area contributed by atoms with Gasteiger partial charge >= 0.3 is 0 Å². The van der Waals surface area contributed by atoms with Gasteiger partial charge in [0.2, 0.25) is 0 Å². The molecule has 0 fully saturated rings. The van der Waals surface area contributed by atoms with Gasteiger partial charge in [-0.05, 0) is 0 Å². The first-order chi connectivity index (χ1) is 0. The van der Waals surface area contributed by atoms with Gasteiger partial charge in [-0.2, -0.15) is 0 Å². The number of hydrogen-bond donors (Lipinski definition) is 0. The van der Waals surface area contributed by atoms with Crippen molar-refractivity contribution in [3.05, 3.63) is 0 Å². The van der Waals surface area contributed by atoms with Gasteiger partial charge in [-0.25, -0.2) is 0 Å². The number of hydrogen-bond acceptors (Lipinski definition) is 0. The molecule has 0 aromatic carbocycles. The van der Waals surface area contributed by atoms with Crippen LogP contribution < -0.4 is 0 Å². The van der Waals surface area contributed by atoms with Gasteiger partial charge in [0, 0.05) is 76.9 Å². The Morgan fingerprint density at radius 2 is 1.00 bits per heavy atom. The predicted octanol–water partition coefficient (Wildman–Crippen LogP) is -0.128. The molecule has 0 rings (SSSR count). The van der Waals surface area contributed by atoms with Gasteiger partial charge in [0.05, 0.1) is 0 Å². The van der Waals surface area contributed by atoms with E-state index < -0.39 is 0 Å². The normalized spacial score (nSPS) is 0. The molecule has 0 N–H and O–H groups in total. The monoisotopic (exact) mass is 237 g/mol. The van der Waals surface area contributed by atoms with Gasteiger partial charge in [-0.1, -0.05) is 7.43 Å². The molecular formula is CH4BaMnSi. The topological polar surface area (TPSA) is 0 Å². The van der Waals surface area contributed by atoms with E-state index in [1.165, 1.54) is 0 Å². The van der Waals surface area contributed by atoms with Crippen molar-refractivity contribution in [2.24, 2.45) is 0 Å². The molecular weight excluding hydrogens is 232 g/mol. The molecule has 0 aromatic rings. The summed E-state index contributed by atoms with van der Waals surface area (Å²) in [6, 6.07) is 0. The molecule has 0 amide bonds.